The first-order chi connectivity index (χ1) is 7.86. The molecule has 1 rings (SSSR count). The number of hydrogen-bond acceptors (Lipinski definition) is 1. The first-order valence-electron chi connectivity index (χ1n) is 7.03. The highest BCUT2D eigenvalue weighted by Gasteiger charge is 2.15. The predicted octanol–water partition coefficient (Wildman–Crippen LogP) is 3.74. The highest BCUT2D eigenvalue weighted by molar-refractivity contribution is 4.90. The van der Waals surface area contributed by atoms with E-state index in [1.54, 1.807) is 0 Å². The van der Waals surface area contributed by atoms with Crippen LogP contribution < -0.4 is 5.32 Å². The molecule has 92 valence electrons. The summed E-state index contributed by atoms with van der Waals surface area (Å²) >= 11 is 0. The van der Waals surface area contributed by atoms with Crippen molar-refractivity contribution in [3.63, 3.8) is 0 Å². The minimum absolute atomic E-state index is 0.562. The zero-order chi connectivity index (χ0) is 11.6. The third-order valence-corrected chi connectivity index (χ3v) is 3.70. The summed E-state index contributed by atoms with van der Waals surface area (Å²) in [6.07, 6.45) is 17.4. The molecule has 1 N–H and O–H groups in total. The van der Waals surface area contributed by atoms with Crippen LogP contribution in [0.5, 0.6) is 0 Å². The molecule has 0 aromatic rings. The zero-order valence-corrected chi connectivity index (χ0v) is 10.8. The average Bonchev–Trinajstić information content (AvgIpc) is 2.34. The molecule has 0 spiro atoms. The minimum Gasteiger partial charge on any atom is -0.313 e. The molecule has 0 aromatic carbocycles. The van der Waals surface area contributed by atoms with E-state index in [0.717, 1.165) is 18.9 Å². The molecular weight excluding hydrogens is 194 g/mol. The Morgan fingerprint density at radius 2 is 2.06 bits per heavy atom. The smallest absolute Gasteiger partial charge is 0.0240 e. The molecule has 0 radical (unpaired) electrons. The van der Waals surface area contributed by atoms with E-state index < -0.39 is 0 Å². The van der Waals surface area contributed by atoms with Gasteiger partial charge in [0.15, 0.2) is 0 Å². The Morgan fingerprint density at radius 1 is 1.31 bits per heavy atom. The number of terminal acetylenes is 1. The summed E-state index contributed by atoms with van der Waals surface area (Å²) in [7, 11) is 0. The summed E-state index contributed by atoms with van der Waals surface area (Å²) in [4.78, 5) is 0. The van der Waals surface area contributed by atoms with Gasteiger partial charge in [0.1, 0.15) is 0 Å². The third-order valence-electron chi connectivity index (χ3n) is 3.70. The molecule has 0 amide bonds. The van der Waals surface area contributed by atoms with E-state index in [1.165, 1.54) is 51.4 Å². The van der Waals surface area contributed by atoms with Crippen molar-refractivity contribution in [2.24, 2.45) is 5.92 Å². The molecule has 0 saturated heterocycles. The van der Waals surface area contributed by atoms with Gasteiger partial charge in [0.25, 0.3) is 0 Å². The maximum atomic E-state index is 5.42. The van der Waals surface area contributed by atoms with E-state index in [0.29, 0.717) is 6.04 Å². The first-order valence-corrected chi connectivity index (χ1v) is 7.03. The van der Waals surface area contributed by atoms with Crippen LogP contribution in [0, 0.1) is 18.3 Å². The Morgan fingerprint density at radius 3 is 2.69 bits per heavy atom. The Bertz CT molecular complexity index is 198. The SMILES string of the molecule is C#CCC(CCC1CCCCC1)NCCC. The Labute approximate surface area is 101 Å². The lowest BCUT2D eigenvalue weighted by Crippen LogP contribution is -2.30. The summed E-state index contributed by atoms with van der Waals surface area (Å²) in [5.74, 6) is 3.79. The van der Waals surface area contributed by atoms with Crippen LogP contribution in [0.15, 0.2) is 0 Å². The number of hydrogen-bond donors (Lipinski definition) is 1. The standard InChI is InChI=1S/C15H27N/c1-3-8-15(16-13-4-2)12-11-14-9-6-5-7-10-14/h1,14-16H,4-13H2,2H3. The van der Waals surface area contributed by atoms with Crippen LogP contribution in [-0.4, -0.2) is 12.6 Å². The lowest BCUT2D eigenvalue weighted by Gasteiger charge is -2.24. The van der Waals surface area contributed by atoms with Crippen LogP contribution in [0.25, 0.3) is 0 Å². The van der Waals surface area contributed by atoms with E-state index in [1.807, 2.05) is 0 Å². The molecule has 1 unspecified atom stereocenters. The van der Waals surface area contributed by atoms with Crippen molar-refractivity contribution in [1.82, 2.24) is 5.32 Å². The zero-order valence-electron chi connectivity index (χ0n) is 10.8. The maximum absolute atomic E-state index is 5.42. The number of nitrogens with one attached hydrogen (secondary N) is 1. The molecule has 1 saturated carbocycles. The van der Waals surface area contributed by atoms with Crippen molar-refractivity contribution in [3.8, 4) is 12.3 Å². The molecular formula is C15H27N. The van der Waals surface area contributed by atoms with Crippen molar-refractivity contribution < 1.29 is 0 Å². The molecule has 0 heterocycles. The van der Waals surface area contributed by atoms with Gasteiger partial charge in [0, 0.05) is 12.5 Å². The second-order valence-corrected chi connectivity index (χ2v) is 5.14. The van der Waals surface area contributed by atoms with Crippen LogP contribution >= 0.6 is 0 Å². The highest BCUT2D eigenvalue weighted by atomic mass is 14.9. The van der Waals surface area contributed by atoms with E-state index in [2.05, 4.69) is 18.2 Å². The topological polar surface area (TPSA) is 12.0 Å². The van der Waals surface area contributed by atoms with E-state index in [9.17, 15) is 0 Å². The average molecular weight is 221 g/mol. The summed E-state index contributed by atoms with van der Waals surface area (Å²) in [5, 5.41) is 3.57. The summed E-state index contributed by atoms with van der Waals surface area (Å²) in [5.41, 5.74) is 0. The monoisotopic (exact) mass is 221 g/mol. The van der Waals surface area contributed by atoms with Crippen molar-refractivity contribution in [2.75, 3.05) is 6.54 Å². The fourth-order valence-electron chi connectivity index (χ4n) is 2.68. The highest BCUT2D eigenvalue weighted by Crippen LogP contribution is 2.27. The molecule has 1 heteroatoms. The van der Waals surface area contributed by atoms with Gasteiger partial charge < -0.3 is 5.32 Å². The summed E-state index contributed by atoms with van der Waals surface area (Å²) in [6, 6.07) is 0.562. The molecule has 1 nitrogen and oxygen atoms in total. The molecule has 16 heavy (non-hydrogen) atoms. The van der Waals surface area contributed by atoms with Gasteiger partial charge in [0.2, 0.25) is 0 Å². The fraction of sp³-hybridized carbons (Fsp3) is 0.867. The normalized spacial score (nSPS) is 19.2. The van der Waals surface area contributed by atoms with Gasteiger partial charge in [-0.1, -0.05) is 39.0 Å². The minimum atomic E-state index is 0.562. The Hall–Kier alpha value is -0.480. The van der Waals surface area contributed by atoms with Gasteiger partial charge in [-0.05, 0) is 31.7 Å². The molecule has 0 aliphatic heterocycles. The molecule has 0 bridgehead atoms. The molecule has 1 fully saturated rings. The Balaban J connectivity index is 2.17. The van der Waals surface area contributed by atoms with E-state index in [4.69, 9.17) is 6.42 Å². The van der Waals surface area contributed by atoms with Crippen LogP contribution in [0.3, 0.4) is 0 Å². The van der Waals surface area contributed by atoms with Crippen LogP contribution in [0.1, 0.15) is 64.7 Å². The van der Waals surface area contributed by atoms with Crippen molar-refractivity contribution in [3.05, 3.63) is 0 Å². The van der Waals surface area contributed by atoms with Crippen molar-refractivity contribution in [2.45, 2.75) is 70.8 Å². The molecule has 1 atom stereocenters. The van der Waals surface area contributed by atoms with Crippen molar-refractivity contribution in [1.29, 1.82) is 0 Å². The van der Waals surface area contributed by atoms with Crippen molar-refractivity contribution >= 4 is 0 Å². The van der Waals surface area contributed by atoms with E-state index >= 15 is 0 Å². The third kappa shape index (κ3) is 5.56. The number of rotatable bonds is 7. The summed E-state index contributed by atoms with van der Waals surface area (Å²) in [6.45, 7) is 3.32. The van der Waals surface area contributed by atoms with Crippen LogP contribution in [0.4, 0.5) is 0 Å². The molecule has 1 aliphatic carbocycles. The lowest BCUT2D eigenvalue weighted by atomic mass is 9.85. The lowest BCUT2D eigenvalue weighted by molar-refractivity contribution is 0.314. The van der Waals surface area contributed by atoms with E-state index in [-0.39, 0.29) is 0 Å². The molecule has 0 aromatic heterocycles. The van der Waals surface area contributed by atoms with Gasteiger partial charge in [-0.25, -0.2) is 0 Å². The van der Waals surface area contributed by atoms with Gasteiger partial charge in [-0.2, -0.15) is 0 Å². The second-order valence-electron chi connectivity index (χ2n) is 5.14. The van der Waals surface area contributed by atoms with Crippen LogP contribution in [0.2, 0.25) is 0 Å². The second kappa shape index (κ2) is 8.65. The molecule has 1 aliphatic rings. The largest absolute Gasteiger partial charge is 0.313 e. The van der Waals surface area contributed by atoms with Gasteiger partial charge in [0.05, 0.1) is 0 Å². The van der Waals surface area contributed by atoms with Gasteiger partial charge in [-0.15, -0.1) is 12.3 Å². The maximum Gasteiger partial charge on any atom is 0.0240 e. The van der Waals surface area contributed by atoms with Gasteiger partial charge >= 0.3 is 0 Å². The van der Waals surface area contributed by atoms with Crippen LogP contribution in [-0.2, 0) is 0 Å². The van der Waals surface area contributed by atoms with Gasteiger partial charge in [-0.3, -0.25) is 0 Å². The Kier molecular flexibility index (Phi) is 7.34. The summed E-state index contributed by atoms with van der Waals surface area (Å²) < 4.78 is 0. The first kappa shape index (κ1) is 13.6. The quantitative estimate of drug-likeness (QED) is 0.646. The predicted molar refractivity (Wildman–Crippen MR) is 71.3 cm³/mol. The fourth-order valence-corrected chi connectivity index (χ4v) is 2.68.